The van der Waals surface area contributed by atoms with Crippen molar-refractivity contribution in [2.45, 2.75) is 57.9 Å². The van der Waals surface area contributed by atoms with Crippen LogP contribution in [0.25, 0.3) is 0 Å². The standard InChI is InChI=1S/C15H22BrNO2S2/c1-9-11(8-13(16)20-9)21(18,19)17-12-7-10-5-6-15(12,4)14(10,2)3/h8,10,12,17H,5-7H2,1-4H3. The van der Waals surface area contributed by atoms with Crippen LogP contribution in [0.2, 0.25) is 0 Å². The van der Waals surface area contributed by atoms with Gasteiger partial charge in [0.05, 0.1) is 8.68 Å². The van der Waals surface area contributed by atoms with Gasteiger partial charge in [0.25, 0.3) is 0 Å². The Hall–Kier alpha value is 0.0900. The highest BCUT2D eigenvalue weighted by molar-refractivity contribution is 9.11. The Bertz CT molecular complexity index is 680. The lowest BCUT2D eigenvalue weighted by Gasteiger charge is -2.39. The van der Waals surface area contributed by atoms with Crippen LogP contribution in [0, 0.1) is 23.7 Å². The Kier molecular flexibility index (Phi) is 3.64. The quantitative estimate of drug-likeness (QED) is 0.833. The SMILES string of the molecule is Cc1sc(Br)cc1S(=O)(=O)NC1CC2CCC1(C)C2(C)C. The van der Waals surface area contributed by atoms with E-state index in [1.807, 2.05) is 6.92 Å². The van der Waals surface area contributed by atoms with E-state index in [4.69, 9.17) is 0 Å². The summed E-state index contributed by atoms with van der Waals surface area (Å²) in [5.74, 6) is 0.630. The predicted octanol–water partition coefficient (Wildman–Crippen LogP) is 4.31. The monoisotopic (exact) mass is 391 g/mol. The molecule has 3 unspecified atom stereocenters. The summed E-state index contributed by atoms with van der Waals surface area (Å²) < 4.78 is 29.3. The van der Waals surface area contributed by atoms with Gasteiger partial charge < -0.3 is 0 Å². The molecule has 1 heterocycles. The molecule has 1 aromatic rings. The maximum Gasteiger partial charge on any atom is 0.241 e. The van der Waals surface area contributed by atoms with Gasteiger partial charge in [-0.2, -0.15) is 0 Å². The van der Waals surface area contributed by atoms with Gasteiger partial charge in [-0.25, -0.2) is 13.1 Å². The number of rotatable bonds is 3. The van der Waals surface area contributed by atoms with Crippen molar-refractivity contribution in [2.24, 2.45) is 16.7 Å². The Morgan fingerprint density at radius 3 is 2.48 bits per heavy atom. The first-order valence-corrected chi connectivity index (χ1v) is 10.5. The predicted molar refractivity (Wildman–Crippen MR) is 90.1 cm³/mol. The van der Waals surface area contributed by atoms with Gasteiger partial charge in [0.2, 0.25) is 10.0 Å². The second-order valence-corrected chi connectivity index (χ2v) is 11.6. The summed E-state index contributed by atoms with van der Waals surface area (Å²) in [4.78, 5) is 1.26. The molecular weight excluding hydrogens is 370 g/mol. The van der Waals surface area contributed by atoms with Crippen molar-refractivity contribution < 1.29 is 8.42 Å². The van der Waals surface area contributed by atoms with Gasteiger partial charge in [0.1, 0.15) is 0 Å². The highest BCUT2D eigenvalue weighted by Gasteiger charge is 2.61. The number of fused-ring (bicyclic) bond motifs is 2. The first-order valence-electron chi connectivity index (χ1n) is 7.36. The van der Waals surface area contributed by atoms with Crippen LogP contribution in [0.3, 0.4) is 0 Å². The molecule has 21 heavy (non-hydrogen) atoms. The second-order valence-electron chi connectivity index (χ2n) is 7.26. The Morgan fingerprint density at radius 1 is 1.38 bits per heavy atom. The fraction of sp³-hybridized carbons (Fsp3) is 0.733. The van der Waals surface area contributed by atoms with Crippen LogP contribution in [0.5, 0.6) is 0 Å². The minimum absolute atomic E-state index is 0.0503. The van der Waals surface area contributed by atoms with Crippen LogP contribution in [0.1, 0.15) is 44.9 Å². The van der Waals surface area contributed by atoms with Gasteiger partial charge in [0, 0.05) is 10.9 Å². The lowest BCUT2D eigenvalue weighted by atomic mass is 9.69. The molecule has 2 aliphatic carbocycles. The van der Waals surface area contributed by atoms with E-state index < -0.39 is 10.0 Å². The van der Waals surface area contributed by atoms with Gasteiger partial charge in [-0.15, -0.1) is 11.3 Å². The van der Waals surface area contributed by atoms with Crippen LogP contribution in [-0.2, 0) is 10.0 Å². The number of aryl methyl sites for hydroxylation is 1. The van der Waals surface area contributed by atoms with E-state index in [0.29, 0.717) is 10.8 Å². The van der Waals surface area contributed by atoms with Gasteiger partial charge in [0.15, 0.2) is 0 Å². The maximum atomic E-state index is 12.7. The summed E-state index contributed by atoms with van der Waals surface area (Å²) in [6.07, 6.45) is 3.31. The van der Waals surface area contributed by atoms with E-state index in [-0.39, 0.29) is 16.9 Å². The first kappa shape index (κ1) is 16.0. The summed E-state index contributed by atoms with van der Waals surface area (Å²) in [5, 5.41) is 0. The molecule has 0 saturated heterocycles. The zero-order valence-electron chi connectivity index (χ0n) is 12.9. The summed E-state index contributed by atoms with van der Waals surface area (Å²) in [6.45, 7) is 8.71. The third-order valence-electron chi connectivity index (χ3n) is 6.22. The molecule has 0 radical (unpaired) electrons. The van der Waals surface area contributed by atoms with Crippen molar-refractivity contribution in [2.75, 3.05) is 0 Å². The largest absolute Gasteiger partial charge is 0.241 e. The van der Waals surface area contributed by atoms with E-state index in [9.17, 15) is 8.42 Å². The average Bonchev–Trinajstić information content (AvgIpc) is 2.86. The van der Waals surface area contributed by atoms with Crippen molar-refractivity contribution in [1.82, 2.24) is 4.72 Å². The average molecular weight is 392 g/mol. The van der Waals surface area contributed by atoms with E-state index in [1.54, 1.807) is 6.07 Å². The van der Waals surface area contributed by atoms with Crippen molar-refractivity contribution in [3.8, 4) is 0 Å². The second kappa shape index (κ2) is 4.79. The van der Waals surface area contributed by atoms with E-state index in [0.717, 1.165) is 21.5 Å². The summed E-state index contributed by atoms with van der Waals surface area (Å²) in [5.41, 5.74) is 0.274. The number of sulfonamides is 1. The molecule has 1 N–H and O–H groups in total. The molecule has 0 spiro atoms. The lowest BCUT2D eigenvalue weighted by molar-refractivity contribution is 0.130. The Balaban J connectivity index is 1.90. The number of thiophene rings is 1. The minimum Gasteiger partial charge on any atom is -0.207 e. The van der Waals surface area contributed by atoms with Crippen LogP contribution in [-0.4, -0.2) is 14.5 Å². The molecule has 0 amide bonds. The fourth-order valence-electron chi connectivity index (χ4n) is 4.33. The Labute approximate surface area is 139 Å². The molecule has 6 heteroatoms. The number of halogens is 1. The molecule has 2 bridgehead atoms. The van der Waals surface area contributed by atoms with Crippen LogP contribution in [0.15, 0.2) is 14.7 Å². The highest BCUT2D eigenvalue weighted by atomic mass is 79.9. The molecule has 118 valence electrons. The molecule has 0 aliphatic heterocycles. The zero-order chi connectivity index (χ0) is 15.6. The number of nitrogens with one attached hydrogen (secondary N) is 1. The van der Waals surface area contributed by atoms with Crippen molar-refractivity contribution in [3.63, 3.8) is 0 Å². The molecule has 2 aliphatic rings. The van der Waals surface area contributed by atoms with E-state index in [1.165, 1.54) is 17.8 Å². The van der Waals surface area contributed by atoms with Gasteiger partial charge in [-0.3, -0.25) is 0 Å². The third-order valence-corrected chi connectivity index (χ3v) is 9.50. The van der Waals surface area contributed by atoms with Gasteiger partial charge in [-0.05, 0) is 64.9 Å². The molecule has 3 atom stereocenters. The van der Waals surface area contributed by atoms with Crippen LogP contribution in [0.4, 0.5) is 0 Å². The van der Waals surface area contributed by atoms with E-state index >= 15 is 0 Å². The summed E-state index contributed by atoms with van der Waals surface area (Å²) in [7, 11) is -3.43. The fourth-order valence-corrected chi connectivity index (χ4v) is 8.11. The summed E-state index contributed by atoms with van der Waals surface area (Å²) in [6, 6.07) is 1.76. The Morgan fingerprint density at radius 2 is 2.05 bits per heavy atom. The molecule has 2 fully saturated rings. The maximum absolute atomic E-state index is 12.7. The molecule has 0 aromatic carbocycles. The topological polar surface area (TPSA) is 46.2 Å². The molecule has 1 aromatic heterocycles. The van der Waals surface area contributed by atoms with Crippen LogP contribution >= 0.6 is 27.3 Å². The first-order chi connectivity index (χ1) is 9.58. The van der Waals surface area contributed by atoms with Crippen molar-refractivity contribution >= 4 is 37.3 Å². The van der Waals surface area contributed by atoms with Crippen LogP contribution < -0.4 is 4.72 Å². The lowest BCUT2D eigenvalue weighted by Crippen LogP contribution is -2.46. The zero-order valence-corrected chi connectivity index (χ0v) is 16.1. The normalized spacial score (nSPS) is 34.5. The van der Waals surface area contributed by atoms with E-state index in [2.05, 4.69) is 41.4 Å². The minimum atomic E-state index is -3.43. The molecule has 3 rings (SSSR count). The molecule has 3 nitrogen and oxygen atoms in total. The smallest absolute Gasteiger partial charge is 0.207 e. The highest BCUT2D eigenvalue weighted by Crippen LogP contribution is 2.65. The summed E-state index contributed by atoms with van der Waals surface area (Å²) >= 11 is 4.84. The van der Waals surface area contributed by atoms with Crippen molar-refractivity contribution in [1.29, 1.82) is 0 Å². The van der Waals surface area contributed by atoms with Gasteiger partial charge >= 0.3 is 0 Å². The third kappa shape index (κ3) is 2.25. The number of hydrogen-bond acceptors (Lipinski definition) is 3. The molecular formula is C15H22BrNO2S2. The van der Waals surface area contributed by atoms with Gasteiger partial charge in [-0.1, -0.05) is 20.8 Å². The number of hydrogen-bond donors (Lipinski definition) is 1. The van der Waals surface area contributed by atoms with Crippen molar-refractivity contribution in [3.05, 3.63) is 14.7 Å². The molecule has 2 saturated carbocycles.